The van der Waals surface area contributed by atoms with Crippen molar-refractivity contribution in [2.75, 3.05) is 7.11 Å². The number of furan rings is 1. The molecule has 27 heavy (non-hydrogen) atoms. The van der Waals surface area contributed by atoms with Gasteiger partial charge < -0.3 is 14.5 Å². The molecule has 0 aliphatic carbocycles. The van der Waals surface area contributed by atoms with Crippen molar-refractivity contribution >= 4 is 5.91 Å². The van der Waals surface area contributed by atoms with Crippen LogP contribution in [0.4, 0.5) is 13.2 Å². The smallest absolute Gasteiger partial charge is 0.416 e. The van der Waals surface area contributed by atoms with Gasteiger partial charge in [0, 0.05) is 0 Å². The summed E-state index contributed by atoms with van der Waals surface area (Å²) in [5.74, 6) is 0.151. The van der Waals surface area contributed by atoms with Crippen LogP contribution in [-0.2, 0) is 6.18 Å². The average Bonchev–Trinajstić information content (AvgIpc) is 3.30. The minimum atomic E-state index is -4.48. The number of benzene rings is 1. The third kappa shape index (κ3) is 3.97. The van der Waals surface area contributed by atoms with E-state index in [4.69, 9.17) is 9.15 Å². The fraction of sp³-hybridized carbons (Fsp3) is 0.222. The second kappa shape index (κ2) is 7.18. The summed E-state index contributed by atoms with van der Waals surface area (Å²) in [4.78, 5) is 12.5. The highest BCUT2D eigenvalue weighted by Crippen LogP contribution is 2.30. The number of nitrogens with zero attached hydrogens (tertiary/aromatic N) is 2. The van der Waals surface area contributed by atoms with Crippen molar-refractivity contribution in [2.24, 2.45) is 0 Å². The number of hydrogen-bond donors (Lipinski definition) is 1. The zero-order valence-corrected chi connectivity index (χ0v) is 14.4. The lowest BCUT2D eigenvalue weighted by molar-refractivity contribution is -0.137. The Labute approximate surface area is 152 Å². The maximum Gasteiger partial charge on any atom is 0.416 e. The van der Waals surface area contributed by atoms with Crippen molar-refractivity contribution in [1.82, 2.24) is 15.1 Å². The molecule has 142 valence electrons. The largest absolute Gasteiger partial charge is 0.493 e. The summed E-state index contributed by atoms with van der Waals surface area (Å²) in [5.41, 5.74) is -0.707. The number of carbonyl (C=O) groups excluding carboxylic acids is 1. The van der Waals surface area contributed by atoms with Crippen LogP contribution in [-0.4, -0.2) is 22.8 Å². The molecule has 3 aromatic rings. The quantitative estimate of drug-likeness (QED) is 0.728. The van der Waals surface area contributed by atoms with Crippen molar-refractivity contribution in [3.05, 3.63) is 65.9 Å². The van der Waals surface area contributed by atoms with Crippen LogP contribution in [0.5, 0.6) is 5.75 Å². The summed E-state index contributed by atoms with van der Waals surface area (Å²) in [5, 5.41) is 6.80. The van der Waals surface area contributed by atoms with Crippen molar-refractivity contribution in [1.29, 1.82) is 0 Å². The van der Waals surface area contributed by atoms with Gasteiger partial charge in [-0.3, -0.25) is 4.79 Å². The van der Waals surface area contributed by atoms with E-state index in [0.717, 1.165) is 12.1 Å². The van der Waals surface area contributed by atoms with E-state index in [1.54, 1.807) is 19.1 Å². The van der Waals surface area contributed by atoms with Crippen LogP contribution in [0.1, 0.15) is 34.8 Å². The Balaban J connectivity index is 1.88. The molecule has 0 bridgehead atoms. The van der Waals surface area contributed by atoms with E-state index in [1.165, 1.54) is 36.4 Å². The number of nitrogens with one attached hydrogen (secondary N) is 1. The predicted molar refractivity (Wildman–Crippen MR) is 89.7 cm³/mol. The molecule has 6 nitrogen and oxygen atoms in total. The lowest BCUT2D eigenvalue weighted by Gasteiger charge is -2.10. The molecular weight excluding hydrogens is 363 g/mol. The maximum atomic E-state index is 12.9. The molecule has 0 fully saturated rings. The van der Waals surface area contributed by atoms with Crippen LogP contribution in [0.25, 0.3) is 5.69 Å². The van der Waals surface area contributed by atoms with Gasteiger partial charge in [0.1, 0.15) is 5.76 Å². The molecule has 1 unspecified atom stereocenters. The molecule has 0 radical (unpaired) electrons. The van der Waals surface area contributed by atoms with Crippen LogP contribution < -0.4 is 10.1 Å². The highest BCUT2D eigenvalue weighted by Gasteiger charge is 2.31. The van der Waals surface area contributed by atoms with Gasteiger partial charge in [0.15, 0.2) is 11.4 Å². The standard InChI is InChI=1S/C18H16F3N3O3/c1-11(14-7-4-8-27-14)22-17(25)16-15(26-2)10-24(23-16)13-6-3-5-12(9-13)18(19,20)21/h3-11H,1-2H3,(H,22,25). The molecule has 1 aromatic carbocycles. The van der Waals surface area contributed by atoms with Crippen LogP contribution >= 0.6 is 0 Å². The summed E-state index contributed by atoms with van der Waals surface area (Å²) in [6, 6.07) is 7.61. The first-order valence-electron chi connectivity index (χ1n) is 7.95. The molecular formula is C18H16F3N3O3. The number of rotatable bonds is 5. The fourth-order valence-electron chi connectivity index (χ4n) is 2.50. The summed E-state index contributed by atoms with van der Waals surface area (Å²) in [6.45, 7) is 1.73. The van der Waals surface area contributed by atoms with Gasteiger partial charge >= 0.3 is 6.18 Å². The van der Waals surface area contributed by atoms with Gasteiger partial charge in [-0.1, -0.05) is 6.07 Å². The van der Waals surface area contributed by atoms with Gasteiger partial charge in [-0.05, 0) is 37.3 Å². The molecule has 3 rings (SSSR count). The fourth-order valence-corrected chi connectivity index (χ4v) is 2.50. The summed E-state index contributed by atoms with van der Waals surface area (Å²) in [7, 11) is 1.35. The Bertz CT molecular complexity index is 933. The Hall–Kier alpha value is -3.23. The van der Waals surface area contributed by atoms with Crippen LogP contribution in [0.2, 0.25) is 0 Å². The summed E-state index contributed by atoms with van der Waals surface area (Å²) in [6.07, 6.45) is -1.64. The molecule has 0 aliphatic heterocycles. The third-order valence-electron chi connectivity index (χ3n) is 3.87. The minimum Gasteiger partial charge on any atom is -0.493 e. The number of hydrogen-bond acceptors (Lipinski definition) is 4. The molecule has 9 heteroatoms. The topological polar surface area (TPSA) is 69.3 Å². The van der Waals surface area contributed by atoms with E-state index in [2.05, 4.69) is 10.4 Å². The monoisotopic (exact) mass is 379 g/mol. The number of amides is 1. The highest BCUT2D eigenvalue weighted by molar-refractivity contribution is 5.95. The molecule has 0 saturated heterocycles. The molecule has 0 saturated carbocycles. The Morgan fingerprint density at radius 2 is 2.07 bits per heavy atom. The van der Waals surface area contributed by atoms with E-state index in [-0.39, 0.29) is 17.1 Å². The van der Waals surface area contributed by atoms with Gasteiger partial charge in [-0.15, -0.1) is 0 Å². The molecule has 2 aromatic heterocycles. The lowest BCUT2D eigenvalue weighted by Crippen LogP contribution is -2.27. The maximum absolute atomic E-state index is 12.9. The molecule has 1 amide bonds. The van der Waals surface area contributed by atoms with E-state index < -0.39 is 23.7 Å². The number of carbonyl (C=O) groups is 1. The SMILES string of the molecule is COc1cn(-c2cccc(C(F)(F)F)c2)nc1C(=O)NC(C)c1ccco1. The molecule has 1 atom stereocenters. The van der Waals surface area contributed by atoms with Crippen molar-refractivity contribution < 1.29 is 27.1 Å². The molecule has 1 N–H and O–H groups in total. The van der Waals surface area contributed by atoms with Crippen molar-refractivity contribution in [3.63, 3.8) is 0 Å². The third-order valence-corrected chi connectivity index (χ3v) is 3.87. The number of halogens is 3. The Morgan fingerprint density at radius 1 is 1.30 bits per heavy atom. The highest BCUT2D eigenvalue weighted by atomic mass is 19.4. The first-order valence-corrected chi connectivity index (χ1v) is 7.95. The van der Waals surface area contributed by atoms with E-state index in [1.807, 2.05) is 0 Å². The normalized spacial score (nSPS) is 12.6. The first-order chi connectivity index (χ1) is 12.8. The molecule has 0 aliphatic rings. The minimum absolute atomic E-state index is 0.0479. The number of ether oxygens (including phenoxy) is 1. The second-order valence-corrected chi connectivity index (χ2v) is 5.75. The molecule has 2 heterocycles. The lowest BCUT2D eigenvalue weighted by atomic mass is 10.2. The number of aromatic nitrogens is 2. The Morgan fingerprint density at radius 3 is 2.70 bits per heavy atom. The van der Waals surface area contributed by atoms with Crippen molar-refractivity contribution in [2.45, 2.75) is 19.1 Å². The van der Waals surface area contributed by atoms with Gasteiger partial charge in [0.2, 0.25) is 0 Å². The second-order valence-electron chi connectivity index (χ2n) is 5.75. The Kier molecular flexibility index (Phi) is 4.93. The van der Waals surface area contributed by atoms with Gasteiger partial charge in [-0.2, -0.15) is 18.3 Å². The van der Waals surface area contributed by atoms with E-state index >= 15 is 0 Å². The molecule has 0 spiro atoms. The van der Waals surface area contributed by atoms with Gasteiger partial charge in [0.05, 0.1) is 36.9 Å². The van der Waals surface area contributed by atoms with Crippen molar-refractivity contribution in [3.8, 4) is 11.4 Å². The number of alkyl halides is 3. The van der Waals surface area contributed by atoms with Gasteiger partial charge in [-0.25, -0.2) is 4.68 Å². The van der Waals surface area contributed by atoms with Crippen LogP contribution in [0.15, 0.2) is 53.3 Å². The summed E-state index contributed by atoms with van der Waals surface area (Å²) >= 11 is 0. The number of methoxy groups -OCH3 is 1. The van der Waals surface area contributed by atoms with Crippen LogP contribution in [0, 0.1) is 0 Å². The summed E-state index contributed by atoms with van der Waals surface area (Å²) < 4.78 is 50.3. The zero-order valence-electron chi connectivity index (χ0n) is 14.4. The van der Waals surface area contributed by atoms with E-state index in [0.29, 0.717) is 5.76 Å². The first kappa shape index (κ1) is 18.6. The van der Waals surface area contributed by atoms with E-state index in [9.17, 15) is 18.0 Å². The van der Waals surface area contributed by atoms with Crippen LogP contribution in [0.3, 0.4) is 0 Å². The zero-order chi connectivity index (χ0) is 19.6. The van der Waals surface area contributed by atoms with Gasteiger partial charge in [0.25, 0.3) is 5.91 Å². The average molecular weight is 379 g/mol. The predicted octanol–water partition coefficient (Wildman–Crippen LogP) is 3.98.